The van der Waals surface area contributed by atoms with E-state index in [1.54, 1.807) is 13.0 Å². The molecule has 0 spiro atoms. The molecule has 28 heavy (non-hydrogen) atoms. The molecule has 0 aromatic heterocycles. The number of rotatable bonds is 2. The van der Waals surface area contributed by atoms with Crippen molar-refractivity contribution in [2.45, 2.75) is 84.2 Å². The van der Waals surface area contributed by atoms with Gasteiger partial charge < -0.3 is 20.1 Å². The third kappa shape index (κ3) is 2.71. The van der Waals surface area contributed by atoms with E-state index < -0.39 is 58.0 Å². The predicted molar refractivity (Wildman–Crippen MR) is 103 cm³/mol. The Morgan fingerprint density at radius 3 is 2.36 bits per heavy atom. The highest BCUT2D eigenvalue weighted by Gasteiger charge is 2.75. The molecule has 0 aromatic rings. The molecular formula is C22H34O6. The van der Waals surface area contributed by atoms with E-state index in [0.717, 1.165) is 0 Å². The minimum atomic E-state index is -1.89. The van der Waals surface area contributed by atoms with Crippen molar-refractivity contribution in [1.82, 2.24) is 0 Å². The van der Waals surface area contributed by atoms with Crippen molar-refractivity contribution in [3.8, 4) is 0 Å². The van der Waals surface area contributed by atoms with E-state index in [0.29, 0.717) is 19.3 Å². The molecule has 0 aromatic carbocycles. The molecule has 3 aliphatic rings. The van der Waals surface area contributed by atoms with Gasteiger partial charge in [0.05, 0.1) is 12.2 Å². The minimum Gasteiger partial charge on any atom is -0.459 e. The van der Waals surface area contributed by atoms with Crippen LogP contribution in [0.15, 0.2) is 12.7 Å². The number of allylic oxidation sites excluding steroid dienone is 1. The standard InChI is InChI=1S/C22H34O6/c1-7-20(5)10-14(25)22(27)15-13(24)8-9-19(3,4)16(15)17(26)18(28-12(2)23)21(22,6)11-20/h7,13,15-18,24,26-27H,1,8-11H2,2-6H3/t13-,15?,16-,17-,18-,20-,21+,22-/m0/s1. The van der Waals surface area contributed by atoms with Crippen molar-refractivity contribution in [2.75, 3.05) is 0 Å². The Morgan fingerprint density at radius 1 is 1.21 bits per heavy atom. The van der Waals surface area contributed by atoms with Crippen LogP contribution in [0.5, 0.6) is 0 Å². The molecule has 3 rings (SSSR count). The van der Waals surface area contributed by atoms with Gasteiger partial charge in [0.15, 0.2) is 5.78 Å². The van der Waals surface area contributed by atoms with Crippen molar-refractivity contribution in [3.05, 3.63) is 12.7 Å². The van der Waals surface area contributed by atoms with Crippen molar-refractivity contribution in [3.63, 3.8) is 0 Å². The highest BCUT2D eigenvalue weighted by Crippen LogP contribution is 2.65. The van der Waals surface area contributed by atoms with Crippen LogP contribution in [0.3, 0.4) is 0 Å². The van der Waals surface area contributed by atoms with Crippen LogP contribution in [0, 0.1) is 28.1 Å². The topological polar surface area (TPSA) is 104 Å². The monoisotopic (exact) mass is 394 g/mol. The molecule has 0 aliphatic heterocycles. The van der Waals surface area contributed by atoms with E-state index in [4.69, 9.17) is 4.74 Å². The second-order valence-corrected chi connectivity index (χ2v) is 10.5. The lowest BCUT2D eigenvalue weighted by Crippen LogP contribution is -2.78. The summed E-state index contributed by atoms with van der Waals surface area (Å²) in [5.74, 6) is -2.33. The molecule has 3 aliphatic carbocycles. The smallest absolute Gasteiger partial charge is 0.303 e. The number of carbonyl (C=O) groups excluding carboxylic acids is 2. The zero-order valence-corrected chi connectivity index (χ0v) is 17.6. The van der Waals surface area contributed by atoms with Crippen LogP contribution in [0.1, 0.15) is 60.3 Å². The van der Waals surface area contributed by atoms with Crippen molar-refractivity contribution >= 4 is 11.8 Å². The summed E-state index contributed by atoms with van der Waals surface area (Å²) in [5.41, 5.74) is -4.17. The summed E-state index contributed by atoms with van der Waals surface area (Å²) < 4.78 is 5.59. The molecule has 3 N–H and O–H groups in total. The van der Waals surface area contributed by atoms with Crippen LogP contribution in [-0.4, -0.2) is 51.0 Å². The van der Waals surface area contributed by atoms with Crippen LogP contribution >= 0.6 is 0 Å². The summed E-state index contributed by atoms with van der Waals surface area (Å²) in [6, 6.07) is 0. The van der Waals surface area contributed by atoms with Gasteiger partial charge in [0.25, 0.3) is 0 Å². The lowest BCUT2D eigenvalue weighted by molar-refractivity contribution is -0.297. The molecule has 0 saturated heterocycles. The Bertz CT molecular complexity index is 701. The van der Waals surface area contributed by atoms with Crippen LogP contribution in [0.4, 0.5) is 0 Å². The van der Waals surface area contributed by atoms with Crippen molar-refractivity contribution in [1.29, 1.82) is 0 Å². The number of aliphatic hydroxyl groups excluding tert-OH is 2. The molecule has 3 saturated carbocycles. The Balaban J connectivity index is 2.25. The molecule has 6 heteroatoms. The maximum absolute atomic E-state index is 13.4. The summed E-state index contributed by atoms with van der Waals surface area (Å²) >= 11 is 0. The van der Waals surface area contributed by atoms with Gasteiger partial charge in [-0.15, -0.1) is 6.58 Å². The van der Waals surface area contributed by atoms with Gasteiger partial charge in [-0.25, -0.2) is 0 Å². The minimum absolute atomic E-state index is 0.0991. The summed E-state index contributed by atoms with van der Waals surface area (Å²) in [6.07, 6.45) is 0.147. The Labute approximate surface area is 167 Å². The number of hydrogen-bond acceptors (Lipinski definition) is 6. The van der Waals surface area contributed by atoms with Crippen LogP contribution in [0.2, 0.25) is 0 Å². The van der Waals surface area contributed by atoms with Gasteiger partial charge in [-0.05, 0) is 30.1 Å². The first kappa shape index (κ1) is 21.5. The molecule has 158 valence electrons. The number of ketones is 1. The van der Waals surface area contributed by atoms with Gasteiger partial charge >= 0.3 is 5.97 Å². The van der Waals surface area contributed by atoms with E-state index in [9.17, 15) is 24.9 Å². The zero-order chi connectivity index (χ0) is 21.3. The maximum Gasteiger partial charge on any atom is 0.303 e. The van der Waals surface area contributed by atoms with Gasteiger partial charge in [0, 0.05) is 30.6 Å². The third-order valence-corrected chi connectivity index (χ3v) is 7.99. The third-order valence-electron chi connectivity index (χ3n) is 7.99. The van der Waals surface area contributed by atoms with Crippen molar-refractivity contribution < 1.29 is 29.6 Å². The highest BCUT2D eigenvalue weighted by molar-refractivity contribution is 5.91. The molecule has 3 fully saturated rings. The molecule has 6 nitrogen and oxygen atoms in total. The van der Waals surface area contributed by atoms with Gasteiger partial charge in [-0.2, -0.15) is 0 Å². The number of ether oxygens (including phenoxy) is 1. The summed E-state index contributed by atoms with van der Waals surface area (Å²) in [4.78, 5) is 25.4. The number of esters is 1. The number of carbonyl (C=O) groups is 2. The van der Waals surface area contributed by atoms with Gasteiger partial charge in [-0.1, -0.05) is 33.8 Å². The first-order chi connectivity index (χ1) is 12.7. The van der Waals surface area contributed by atoms with Crippen molar-refractivity contribution in [2.24, 2.45) is 28.1 Å². The number of hydrogen-bond donors (Lipinski definition) is 3. The highest BCUT2D eigenvalue weighted by atomic mass is 16.6. The molecule has 0 bridgehead atoms. The van der Waals surface area contributed by atoms with E-state index in [1.807, 2.05) is 20.8 Å². The average Bonchev–Trinajstić information content (AvgIpc) is 2.57. The van der Waals surface area contributed by atoms with Crippen LogP contribution in [-0.2, 0) is 14.3 Å². The van der Waals surface area contributed by atoms with Gasteiger partial charge in [-0.3, -0.25) is 9.59 Å². The number of Topliss-reactive ketones (excluding diaryl/α,β-unsaturated/α-hetero) is 1. The van der Waals surface area contributed by atoms with E-state index >= 15 is 0 Å². The fourth-order valence-corrected chi connectivity index (χ4v) is 6.63. The van der Waals surface area contributed by atoms with Crippen LogP contribution < -0.4 is 0 Å². The van der Waals surface area contributed by atoms with E-state index in [1.165, 1.54) is 6.92 Å². The first-order valence-electron chi connectivity index (χ1n) is 10.2. The average molecular weight is 395 g/mol. The van der Waals surface area contributed by atoms with E-state index in [2.05, 4.69) is 6.58 Å². The molecule has 0 radical (unpaired) electrons. The molecule has 1 unspecified atom stereocenters. The Hall–Kier alpha value is -1.24. The van der Waals surface area contributed by atoms with Crippen LogP contribution in [0.25, 0.3) is 0 Å². The Kier molecular flexibility index (Phi) is 4.89. The number of fused-ring (bicyclic) bond motifs is 3. The summed E-state index contributed by atoms with van der Waals surface area (Å²) in [5, 5.41) is 34.3. The molecule has 8 atom stereocenters. The van der Waals surface area contributed by atoms with Gasteiger partial charge in [0.1, 0.15) is 11.7 Å². The largest absolute Gasteiger partial charge is 0.459 e. The van der Waals surface area contributed by atoms with E-state index in [-0.39, 0.29) is 12.2 Å². The SMILES string of the molecule is C=C[C@@]1(C)CC(=O)[C@]2(O)C3[C@@H](O)CCC(C)(C)[C@@H]3[C@H](O)[C@H](OC(C)=O)[C@@]2(C)C1. The quantitative estimate of drug-likeness (QED) is 0.489. The predicted octanol–water partition coefficient (Wildman–Crippen LogP) is 2.00. The summed E-state index contributed by atoms with van der Waals surface area (Å²) in [6.45, 7) is 12.6. The summed E-state index contributed by atoms with van der Waals surface area (Å²) in [7, 11) is 0. The fraction of sp³-hybridized carbons (Fsp3) is 0.818. The molecular weight excluding hydrogens is 360 g/mol. The first-order valence-corrected chi connectivity index (χ1v) is 10.2. The second-order valence-electron chi connectivity index (χ2n) is 10.5. The lowest BCUT2D eigenvalue weighted by atomic mass is 9.40. The molecule has 0 heterocycles. The normalized spacial score (nSPS) is 50.3. The van der Waals surface area contributed by atoms with Gasteiger partial charge in [0.2, 0.25) is 0 Å². The maximum atomic E-state index is 13.4. The fourth-order valence-electron chi connectivity index (χ4n) is 6.63. The second kappa shape index (κ2) is 6.38. The Morgan fingerprint density at radius 2 is 1.82 bits per heavy atom. The zero-order valence-electron chi connectivity index (χ0n) is 17.6. The number of aliphatic hydroxyl groups is 3. The lowest BCUT2D eigenvalue weighted by Gasteiger charge is -2.67. The molecule has 0 amide bonds.